The first-order valence-electron chi connectivity index (χ1n) is 11.3. The van der Waals surface area contributed by atoms with Crippen LogP contribution in [0.15, 0.2) is 53.3 Å². The van der Waals surface area contributed by atoms with Crippen molar-refractivity contribution in [2.45, 2.75) is 71.8 Å². The number of unbranched alkanes of at least 4 members (excludes halogenated alkanes) is 6. The summed E-state index contributed by atoms with van der Waals surface area (Å²) < 4.78 is 17.2. The van der Waals surface area contributed by atoms with E-state index < -0.39 is 0 Å². The van der Waals surface area contributed by atoms with Crippen molar-refractivity contribution in [3.8, 4) is 17.2 Å². The van der Waals surface area contributed by atoms with Gasteiger partial charge in [0.15, 0.2) is 5.75 Å². The summed E-state index contributed by atoms with van der Waals surface area (Å²) >= 11 is 0. The molecule has 0 unspecified atom stereocenters. The van der Waals surface area contributed by atoms with E-state index in [1.54, 1.807) is 18.2 Å². The zero-order valence-electron chi connectivity index (χ0n) is 18.5. The maximum atomic E-state index is 12.3. The van der Waals surface area contributed by atoms with Crippen molar-refractivity contribution in [3.63, 3.8) is 0 Å². The zero-order valence-corrected chi connectivity index (χ0v) is 18.5. The molecule has 0 radical (unpaired) electrons. The van der Waals surface area contributed by atoms with Gasteiger partial charge in [-0.25, -0.2) is 0 Å². The lowest BCUT2D eigenvalue weighted by Gasteiger charge is -2.07. The average molecular weight is 413 g/mol. The largest absolute Gasteiger partial charge is 0.494 e. The van der Waals surface area contributed by atoms with Gasteiger partial charge >= 0.3 is 0 Å². The normalized spacial score (nSPS) is 10.6. The summed E-state index contributed by atoms with van der Waals surface area (Å²) in [5, 5.41) is 0. The summed E-state index contributed by atoms with van der Waals surface area (Å²) in [4.78, 5) is 12.3. The summed E-state index contributed by atoms with van der Waals surface area (Å²) in [6, 6.07) is 14.5. The van der Waals surface area contributed by atoms with Crippen LogP contribution in [0.1, 0.15) is 70.8 Å². The molecule has 4 nitrogen and oxygen atoms in total. The fourth-order valence-corrected chi connectivity index (χ4v) is 3.00. The number of hydrogen-bond donors (Lipinski definition) is 0. The van der Waals surface area contributed by atoms with E-state index in [2.05, 4.69) is 13.8 Å². The molecule has 0 amide bonds. The van der Waals surface area contributed by atoms with Crippen LogP contribution in [0, 0.1) is 0 Å². The maximum Gasteiger partial charge on any atom is 0.220 e. The first-order chi connectivity index (χ1) is 14.7. The smallest absolute Gasteiger partial charge is 0.220 e. The molecule has 164 valence electrons. The molecule has 0 fully saturated rings. The molecule has 0 bridgehead atoms. The third-order valence-electron chi connectivity index (χ3n) is 4.89. The quantitative estimate of drug-likeness (QED) is 0.311. The monoisotopic (exact) mass is 412 g/mol. The van der Waals surface area contributed by atoms with Crippen LogP contribution in [-0.4, -0.2) is 13.2 Å². The third-order valence-corrected chi connectivity index (χ3v) is 4.89. The second kappa shape index (κ2) is 14.5. The minimum absolute atomic E-state index is 0.149. The molecule has 0 heterocycles. The molecule has 0 aliphatic carbocycles. The van der Waals surface area contributed by atoms with Crippen molar-refractivity contribution < 1.29 is 14.2 Å². The van der Waals surface area contributed by atoms with Gasteiger partial charge in [0.1, 0.15) is 18.1 Å². The Morgan fingerprint density at radius 3 is 1.87 bits per heavy atom. The molecular formula is C26H36O4. The van der Waals surface area contributed by atoms with Crippen LogP contribution in [-0.2, 0) is 6.61 Å². The summed E-state index contributed by atoms with van der Waals surface area (Å²) in [7, 11) is 0. The fraction of sp³-hybridized carbons (Fsp3) is 0.500. The van der Waals surface area contributed by atoms with E-state index in [1.807, 2.05) is 24.3 Å². The van der Waals surface area contributed by atoms with Crippen molar-refractivity contribution in [2.24, 2.45) is 0 Å². The van der Waals surface area contributed by atoms with E-state index >= 15 is 0 Å². The predicted molar refractivity (Wildman–Crippen MR) is 123 cm³/mol. The first-order valence-corrected chi connectivity index (χ1v) is 11.3. The number of rotatable bonds is 15. The second-order valence-electron chi connectivity index (χ2n) is 7.55. The Balaban J connectivity index is 1.79. The van der Waals surface area contributed by atoms with Crippen molar-refractivity contribution >= 4 is 0 Å². The highest BCUT2D eigenvalue weighted by molar-refractivity contribution is 5.30. The van der Waals surface area contributed by atoms with Crippen LogP contribution in [0.2, 0.25) is 0 Å². The lowest BCUT2D eigenvalue weighted by Crippen LogP contribution is -2.04. The van der Waals surface area contributed by atoms with E-state index in [1.165, 1.54) is 38.2 Å². The average Bonchev–Trinajstić information content (AvgIpc) is 2.94. The summed E-state index contributed by atoms with van der Waals surface area (Å²) in [6.07, 6.45) is 9.51. The van der Waals surface area contributed by atoms with Crippen LogP contribution in [0.4, 0.5) is 0 Å². The van der Waals surface area contributed by atoms with Crippen LogP contribution in [0.3, 0.4) is 0 Å². The topological polar surface area (TPSA) is 44.8 Å². The van der Waals surface area contributed by atoms with Gasteiger partial charge in [0.25, 0.3) is 0 Å². The maximum absolute atomic E-state index is 12.3. The Labute approximate surface area is 181 Å². The molecular weight excluding hydrogens is 376 g/mol. The molecule has 2 rings (SSSR count). The van der Waals surface area contributed by atoms with Crippen LogP contribution >= 0.6 is 0 Å². The molecule has 0 N–H and O–H groups in total. The van der Waals surface area contributed by atoms with Crippen LogP contribution < -0.4 is 19.6 Å². The minimum Gasteiger partial charge on any atom is -0.494 e. The zero-order chi connectivity index (χ0) is 21.4. The van der Waals surface area contributed by atoms with Gasteiger partial charge in [-0.3, -0.25) is 4.79 Å². The fourth-order valence-electron chi connectivity index (χ4n) is 3.00. The van der Waals surface area contributed by atoms with Crippen molar-refractivity contribution in [1.29, 1.82) is 0 Å². The molecule has 0 spiro atoms. The summed E-state index contributed by atoms with van der Waals surface area (Å²) in [6.45, 7) is 6.11. The van der Waals surface area contributed by atoms with Crippen LogP contribution in [0.5, 0.6) is 17.2 Å². The van der Waals surface area contributed by atoms with Crippen molar-refractivity contribution in [2.75, 3.05) is 13.2 Å². The number of hydrogen-bond acceptors (Lipinski definition) is 4. The minimum atomic E-state index is -0.149. The molecule has 0 atom stereocenters. The molecule has 0 aromatic heterocycles. The number of ether oxygens (including phenoxy) is 3. The molecule has 0 aliphatic rings. The highest BCUT2D eigenvalue weighted by atomic mass is 16.5. The van der Waals surface area contributed by atoms with Gasteiger partial charge in [0.05, 0.1) is 13.2 Å². The van der Waals surface area contributed by atoms with Gasteiger partial charge in [-0.2, -0.15) is 0 Å². The number of benzene rings is 1. The van der Waals surface area contributed by atoms with E-state index in [-0.39, 0.29) is 5.43 Å². The van der Waals surface area contributed by atoms with Crippen molar-refractivity contribution in [3.05, 3.63) is 64.3 Å². The van der Waals surface area contributed by atoms with Gasteiger partial charge in [-0.1, -0.05) is 64.5 Å². The van der Waals surface area contributed by atoms with E-state index in [9.17, 15) is 4.79 Å². The Morgan fingerprint density at radius 2 is 1.17 bits per heavy atom. The first kappa shape index (κ1) is 23.8. The molecule has 30 heavy (non-hydrogen) atoms. The molecule has 4 heteroatoms. The van der Waals surface area contributed by atoms with Gasteiger partial charge in [-0.15, -0.1) is 0 Å². The summed E-state index contributed by atoms with van der Waals surface area (Å²) in [5.41, 5.74) is 0.840. The predicted octanol–water partition coefficient (Wildman–Crippen LogP) is 6.54. The Kier molecular flexibility index (Phi) is 11.5. The van der Waals surface area contributed by atoms with E-state index in [0.717, 1.165) is 37.2 Å². The van der Waals surface area contributed by atoms with Gasteiger partial charge < -0.3 is 14.2 Å². The SMILES string of the molecule is CCCCCCCCOc1ccc(OCc2ccc(OCCCC)cc2)c(=O)cc1. The van der Waals surface area contributed by atoms with Crippen molar-refractivity contribution in [1.82, 2.24) is 0 Å². The summed E-state index contributed by atoms with van der Waals surface area (Å²) in [5.74, 6) is 1.88. The van der Waals surface area contributed by atoms with E-state index in [0.29, 0.717) is 24.7 Å². The highest BCUT2D eigenvalue weighted by Gasteiger charge is 2.02. The van der Waals surface area contributed by atoms with E-state index in [4.69, 9.17) is 14.2 Å². The molecule has 2 aromatic carbocycles. The standard InChI is InChI=1S/C26H36O4/c1-3-5-7-8-9-10-20-29-24-15-17-25(27)26(18-16-24)30-21-22-11-13-23(14-12-22)28-19-6-4-2/h11-18H,3-10,19-21H2,1-2H3. The lowest BCUT2D eigenvalue weighted by atomic mass is 10.1. The van der Waals surface area contributed by atoms with Gasteiger partial charge in [-0.05, 0) is 54.8 Å². The Bertz CT molecular complexity index is 771. The third kappa shape index (κ3) is 9.34. The van der Waals surface area contributed by atoms with Crippen LogP contribution in [0.25, 0.3) is 0 Å². The Hall–Kier alpha value is -2.49. The lowest BCUT2D eigenvalue weighted by molar-refractivity contribution is 0.299. The highest BCUT2D eigenvalue weighted by Crippen LogP contribution is 2.16. The molecule has 2 aromatic rings. The Morgan fingerprint density at radius 1 is 0.600 bits per heavy atom. The molecule has 0 aliphatic heterocycles. The van der Waals surface area contributed by atoms with Gasteiger partial charge in [0.2, 0.25) is 5.43 Å². The molecule has 0 saturated heterocycles. The molecule has 0 saturated carbocycles. The second-order valence-corrected chi connectivity index (χ2v) is 7.55. The van der Waals surface area contributed by atoms with Gasteiger partial charge in [0, 0.05) is 0 Å².